The minimum atomic E-state index is 0.904. The molecular weight excluding hydrogens is 238 g/mol. The van der Waals surface area contributed by atoms with E-state index in [-0.39, 0.29) is 0 Å². The number of nitrogens with zero attached hydrogens (tertiary/aromatic N) is 3. The highest BCUT2D eigenvalue weighted by Crippen LogP contribution is 2.07. The first-order valence-electron chi connectivity index (χ1n) is 6.91. The van der Waals surface area contributed by atoms with Crippen LogP contribution in [0.4, 0.5) is 0 Å². The number of hydrogen-bond acceptors (Lipinski definition) is 3. The predicted molar refractivity (Wildman–Crippen MR) is 75.9 cm³/mol. The van der Waals surface area contributed by atoms with Crippen LogP contribution in [0.3, 0.4) is 0 Å². The molecule has 2 aromatic rings. The highest BCUT2D eigenvalue weighted by molar-refractivity contribution is 5.17. The van der Waals surface area contributed by atoms with Crippen LogP contribution in [0.5, 0.6) is 0 Å². The fourth-order valence-electron chi connectivity index (χ4n) is 2.28. The Bertz CT molecular complexity index is 512. The highest BCUT2D eigenvalue weighted by Gasteiger charge is 2.05. The van der Waals surface area contributed by atoms with Crippen molar-refractivity contribution in [2.24, 2.45) is 7.05 Å². The second-order valence-corrected chi connectivity index (χ2v) is 4.93. The van der Waals surface area contributed by atoms with Crippen molar-refractivity contribution < 1.29 is 0 Å². The summed E-state index contributed by atoms with van der Waals surface area (Å²) in [6.45, 7) is 6.14. The van der Waals surface area contributed by atoms with E-state index in [1.165, 1.54) is 22.5 Å². The summed E-state index contributed by atoms with van der Waals surface area (Å²) in [5, 5.41) is 14.9. The van der Waals surface area contributed by atoms with E-state index >= 15 is 0 Å². The predicted octanol–water partition coefficient (Wildman–Crippen LogP) is 1.74. The lowest BCUT2D eigenvalue weighted by atomic mass is 10.1. The monoisotopic (exact) mass is 261 g/mol. The van der Waals surface area contributed by atoms with E-state index in [1.807, 2.05) is 17.9 Å². The Morgan fingerprint density at radius 2 is 2.21 bits per heavy atom. The van der Waals surface area contributed by atoms with Crippen molar-refractivity contribution in [3.05, 3.63) is 34.9 Å². The van der Waals surface area contributed by atoms with E-state index in [1.54, 1.807) is 0 Å². The molecule has 5 nitrogen and oxygen atoms in total. The number of aromatic amines is 1. The summed E-state index contributed by atoms with van der Waals surface area (Å²) in [5.41, 5.74) is 5.00. The van der Waals surface area contributed by atoms with Gasteiger partial charge in [-0.2, -0.15) is 10.2 Å². The molecule has 0 aromatic carbocycles. The third-order valence-corrected chi connectivity index (χ3v) is 3.38. The molecule has 0 saturated heterocycles. The zero-order valence-electron chi connectivity index (χ0n) is 12.0. The molecule has 5 heteroatoms. The number of hydrogen-bond donors (Lipinski definition) is 2. The fraction of sp³-hybridized carbons (Fsp3) is 0.571. The molecule has 0 aliphatic heterocycles. The SMILES string of the molecule is CCc1nn(C)cc1CNCCCc1cn[nH]c1C. The summed E-state index contributed by atoms with van der Waals surface area (Å²) in [7, 11) is 1.98. The molecule has 2 aromatic heterocycles. The zero-order chi connectivity index (χ0) is 13.7. The Kier molecular flexibility index (Phi) is 4.74. The van der Waals surface area contributed by atoms with E-state index < -0.39 is 0 Å². The third kappa shape index (κ3) is 3.67. The van der Waals surface area contributed by atoms with Gasteiger partial charge in [0.05, 0.1) is 11.9 Å². The van der Waals surface area contributed by atoms with Crippen LogP contribution in [0.2, 0.25) is 0 Å². The summed E-state index contributed by atoms with van der Waals surface area (Å²) in [6.07, 6.45) is 7.22. The fourth-order valence-corrected chi connectivity index (χ4v) is 2.28. The summed E-state index contributed by atoms with van der Waals surface area (Å²) in [6, 6.07) is 0. The highest BCUT2D eigenvalue weighted by atomic mass is 15.3. The number of H-pyrrole nitrogens is 1. The van der Waals surface area contributed by atoms with Gasteiger partial charge in [-0.15, -0.1) is 0 Å². The van der Waals surface area contributed by atoms with Crippen molar-refractivity contribution in [3.8, 4) is 0 Å². The van der Waals surface area contributed by atoms with Crippen LogP contribution >= 0.6 is 0 Å². The van der Waals surface area contributed by atoms with Crippen LogP contribution in [0.25, 0.3) is 0 Å². The van der Waals surface area contributed by atoms with Gasteiger partial charge in [0.1, 0.15) is 0 Å². The van der Waals surface area contributed by atoms with Gasteiger partial charge in [-0.1, -0.05) is 6.92 Å². The van der Waals surface area contributed by atoms with Crippen LogP contribution in [-0.4, -0.2) is 26.5 Å². The Balaban J connectivity index is 1.70. The van der Waals surface area contributed by atoms with Crippen LogP contribution in [0, 0.1) is 6.92 Å². The molecule has 2 rings (SSSR count). The molecule has 0 spiro atoms. The number of aryl methyl sites for hydroxylation is 4. The van der Waals surface area contributed by atoms with Gasteiger partial charge in [0.15, 0.2) is 0 Å². The second kappa shape index (κ2) is 6.52. The van der Waals surface area contributed by atoms with Crippen molar-refractivity contribution in [2.75, 3.05) is 6.54 Å². The maximum atomic E-state index is 4.44. The van der Waals surface area contributed by atoms with E-state index in [2.05, 4.69) is 40.7 Å². The molecule has 0 unspecified atom stereocenters. The van der Waals surface area contributed by atoms with Crippen LogP contribution in [-0.2, 0) is 26.4 Å². The molecule has 0 radical (unpaired) electrons. The van der Waals surface area contributed by atoms with Crippen LogP contribution in [0.1, 0.15) is 35.9 Å². The van der Waals surface area contributed by atoms with Gasteiger partial charge in [0.25, 0.3) is 0 Å². The molecule has 0 atom stereocenters. The molecular formula is C14H23N5. The van der Waals surface area contributed by atoms with E-state index in [0.29, 0.717) is 0 Å². The first kappa shape index (κ1) is 13.8. The Labute approximate surface area is 114 Å². The van der Waals surface area contributed by atoms with E-state index in [9.17, 15) is 0 Å². The average molecular weight is 261 g/mol. The van der Waals surface area contributed by atoms with Gasteiger partial charge in [-0.05, 0) is 38.3 Å². The lowest BCUT2D eigenvalue weighted by Crippen LogP contribution is -2.16. The number of aromatic nitrogens is 4. The summed E-state index contributed by atoms with van der Waals surface area (Å²) >= 11 is 0. The van der Waals surface area contributed by atoms with Gasteiger partial charge in [-0.3, -0.25) is 9.78 Å². The first-order chi connectivity index (χ1) is 9.20. The standard InChI is InChI=1S/C14H23N5/c1-4-14-13(10-19(3)18-14)8-15-7-5-6-12-9-16-17-11(12)2/h9-10,15H,4-8H2,1-3H3,(H,16,17). The lowest BCUT2D eigenvalue weighted by molar-refractivity contribution is 0.645. The van der Waals surface area contributed by atoms with Crippen LogP contribution < -0.4 is 5.32 Å². The van der Waals surface area contributed by atoms with Crippen LogP contribution in [0.15, 0.2) is 12.4 Å². The van der Waals surface area contributed by atoms with Gasteiger partial charge in [0.2, 0.25) is 0 Å². The molecule has 0 aliphatic rings. The average Bonchev–Trinajstić information content (AvgIpc) is 2.95. The number of rotatable bonds is 7. The Morgan fingerprint density at radius 3 is 2.89 bits per heavy atom. The smallest absolute Gasteiger partial charge is 0.0666 e. The van der Waals surface area contributed by atoms with Crippen molar-refractivity contribution in [1.29, 1.82) is 0 Å². The third-order valence-electron chi connectivity index (χ3n) is 3.38. The molecule has 2 N–H and O–H groups in total. The lowest BCUT2D eigenvalue weighted by Gasteiger charge is -2.04. The van der Waals surface area contributed by atoms with Gasteiger partial charge < -0.3 is 5.32 Å². The van der Waals surface area contributed by atoms with Crippen molar-refractivity contribution in [2.45, 2.75) is 39.7 Å². The molecule has 0 amide bonds. The van der Waals surface area contributed by atoms with Gasteiger partial charge in [0, 0.05) is 31.0 Å². The van der Waals surface area contributed by atoms with Gasteiger partial charge in [-0.25, -0.2) is 0 Å². The minimum absolute atomic E-state index is 0.904. The molecule has 0 saturated carbocycles. The zero-order valence-corrected chi connectivity index (χ0v) is 12.0. The quantitative estimate of drug-likeness (QED) is 0.746. The number of nitrogens with one attached hydrogen (secondary N) is 2. The summed E-state index contributed by atoms with van der Waals surface area (Å²) in [5.74, 6) is 0. The van der Waals surface area contributed by atoms with E-state index in [0.717, 1.165) is 32.4 Å². The molecule has 0 bridgehead atoms. The van der Waals surface area contributed by atoms with Crippen molar-refractivity contribution in [1.82, 2.24) is 25.3 Å². The molecule has 0 fully saturated rings. The largest absolute Gasteiger partial charge is 0.313 e. The first-order valence-corrected chi connectivity index (χ1v) is 6.91. The molecule has 2 heterocycles. The normalized spacial score (nSPS) is 11.1. The Morgan fingerprint density at radius 1 is 1.37 bits per heavy atom. The topological polar surface area (TPSA) is 58.5 Å². The van der Waals surface area contributed by atoms with Crippen molar-refractivity contribution >= 4 is 0 Å². The molecule has 19 heavy (non-hydrogen) atoms. The maximum Gasteiger partial charge on any atom is 0.0666 e. The molecule has 104 valence electrons. The second-order valence-electron chi connectivity index (χ2n) is 4.93. The molecule has 0 aliphatic carbocycles. The van der Waals surface area contributed by atoms with Gasteiger partial charge >= 0.3 is 0 Å². The summed E-state index contributed by atoms with van der Waals surface area (Å²) in [4.78, 5) is 0. The maximum absolute atomic E-state index is 4.44. The minimum Gasteiger partial charge on any atom is -0.313 e. The van der Waals surface area contributed by atoms with E-state index in [4.69, 9.17) is 0 Å². The Hall–Kier alpha value is -1.62. The summed E-state index contributed by atoms with van der Waals surface area (Å²) < 4.78 is 1.89. The van der Waals surface area contributed by atoms with Crippen molar-refractivity contribution in [3.63, 3.8) is 0 Å².